The summed E-state index contributed by atoms with van der Waals surface area (Å²) in [5.41, 5.74) is 5.84. The minimum Gasteiger partial charge on any atom is -0.352 e. The molecule has 1 saturated carbocycles. The van der Waals surface area contributed by atoms with Gasteiger partial charge in [0.05, 0.1) is 6.54 Å². The second-order valence-electron chi connectivity index (χ2n) is 5.30. The lowest BCUT2D eigenvalue weighted by molar-refractivity contribution is -0.123. The van der Waals surface area contributed by atoms with Gasteiger partial charge in [0.2, 0.25) is 5.91 Å². The van der Waals surface area contributed by atoms with Crippen LogP contribution in [0.25, 0.3) is 0 Å². The maximum atomic E-state index is 11.9. The molecule has 2 fully saturated rings. The van der Waals surface area contributed by atoms with Crippen molar-refractivity contribution < 1.29 is 9.00 Å². The fourth-order valence-electron chi connectivity index (χ4n) is 2.57. The molecular formula is C12H23N3O2S. The van der Waals surface area contributed by atoms with E-state index in [2.05, 4.69) is 10.2 Å². The van der Waals surface area contributed by atoms with Crippen molar-refractivity contribution >= 4 is 16.7 Å². The molecule has 2 rings (SSSR count). The van der Waals surface area contributed by atoms with Gasteiger partial charge in [0, 0.05) is 47.5 Å². The summed E-state index contributed by atoms with van der Waals surface area (Å²) < 4.78 is 11.2. The van der Waals surface area contributed by atoms with Gasteiger partial charge in [-0.05, 0) is 25.7 Å². The molecule has 0 aromatic carbocycles. The van der Waals surface area contributed by atoms with Gasteiger partial charge in [0.1, 0.15) is 0 Å². The van der Waals surface area contributed by atoms with E-state index in [0.717, 1.165) is 38.8 Å². The van der Waals surface area contributed by atoms with Gasteiger partial charge < -0.3 is 11.1 Å². The first kappa shape index (κ1) is 14.0. The summed E-state index contributed by atoms with van der Waals surface area (Å²) >= 11 is 0. The van der Waals surface area contributed by atoms with Crippen molar-refractivity contribution in [2.45, 2.75) is 37.8 Å². The predicted molar refractivity (Wildman–Crippen MR) is 72.7 cm³/mol. The molecule has 1 heterocycles. The van der Waals surface area contributed by atoms with E-state index in [1.54, 1.807) is 0 Å². The van der Waals surface area contributed by atoms with Crippen LogP contribution in [0.4, 0.5) is 0 Å². The molecule has 18 heavy (non-hydrogen) atoms. The highest BCUT2D eigenvalue weighted by atomic mass is 32.2. The first-order valence-electron chi connectivity index (χ1n) is 6.76. The summed E-state index contributed by atoms with van der Waals surface area (Å²) in [4.78, 5) is 14.0. The van der Waals surface area contributed by atoms with Gasteiger partial charge in [-0.25, -0.2) is 0 Å². The molecule has 0 bridgehead atoms. The molecule has 0 spiro atoms. The van der Waals surface area contributed by atoms with E-state index in [4.69, 9.17) is 5.73 Å². The molecule has 0 radical (unpaired) electrons. The topological polar surface area (TPSA) is 75.4 Å². The van der Waals surface area contributed by atoms with E-state index in [-0.39, 0.29) is 5.91 Å². The number of amides is 1. The van der Waals surface area contributed by atoms with E-state index in [0.29, 0.717) is 30.1 Å². The first-order valence-corrected chi connectivity index (χ1v) is 8.24. The smallest absolute Gasteiger partial charge is 0.234 e. The van der Waals surface area contributed by atoms with Crippen LogP contribution in [0.3, 0.4) is 0 Å². The molecule has 5 nitrogen and oxygen atoms in total. The van der Waals surface area contributed by atoms with E-state index in [1.165, 1.54) is 0 Å². The van der Waals surface area contributed by atoms with Gasteiger partial charge in [-0.15, -0.1) is 0 Å². The Labute approximate surface area is 111 Å². The number of rotatable bonds is 3. The fourth-order valence-corrected chi connectivity index (χ4v) is 3.70. The lowest BCUT2D eigenvalue weighted by Crippen LogP contribution is -2.47. The third-order valence-electron chi connectivity index (χ3n) is 3.77. The highest BCUT2D eigenvalue weighted by Gasteiger charge is 2.22. The number of nitrogens with zero attached hydrogens (tertiary/aromatic N) is 1. The maximum Gasteiger partial charge on any atom is 0.234 e. The number of carbonyl (C=O) groups is 1. The average molecular weight is 273 g/mol. The Morgan fingerprint density at radius 3 is 2.44 bits per heavy atom. The number of carbonyl (C=O) groups excluding carboxylic acids is 1. The Kier molecular flexibility index (Phi) is 5.14. The quantitative estimate of drug-likeness (QED) is 0.722. The lowest BCUT2D eigenvalue weighted by atomic mass is 9.92. The SMILES string of the molecule is NC1CCC(NC(=O)CN2CCS(=O)CC2)CC1. The zero-order valence-electron chi connectivity index (χ0n) is 10.8. The molecule has 1 amide bonds. The largest absolute Gasteiger partial charge is 0.352 e. The monoisotopic (exact) mass is 273 g/mol. The van der Waals surface area contributed by atoms with Crippen LogP contribution in [0, 0.1) is 0 Å². The second kappa shape index (κ2) is 6.63. The van der Waals surface area contributed by atoms with E-state index >= 15 is 0 Å². The minimum absolute atomic E-state index is 0.100. The van der Waals surface area contributed by atoms with Gasteiger partial charge >= 0.3 is 0 Å². The number of nitrogens with one attached hydrogen (secondary N) is 1. The summed E-state index contributed by atoms with van der Waals surface area (Å²) in [6, 6.07) is 0.617. The van der Waals surface area contributed by atoms with Gasteiger partial charge in [-0.1, -0.05) is 0 Å². The van der Waals surface area contributed by atoms with Crippen LogP contribution in [0.15, 0.2) is 0 Å². The summed E-state index contributed by atoms with van der Waals surface area (Å²) in [5, 5.41) is 3.09. The van der Waals surface area contributed by atoms with Crippen molar-refractivity contribution in [1.29, 1.82) is 0 Å². The van der Waals surface area contributed by atoms with Crippen LogP contribution >= 0.6 is 0 Å². The Bertz CT molecular complexity index is 306. The standard InChI is InChI=1S/C12H23N3O2S/c13-10-1-3-11(4-2-10)14-12(16)9-15-5-7-18(17)8-6-15/h10-11H,1-9,13H2,(H,14,16). The number of hydrogen-bond acceptors (Lipinski definition) is 4. The zero-order chi connectivity index (χ0) is 13.0. The van der Waals surface area contributed by atoms with E-state index in [9.17, 15) is 9.00 Å². The molecule has 1 aliphatic heterocycles. The van der Waals surface area contributed by atoms with Crippen LogP contribution in [0.2, 0.25) is 0 Å². The fraction of sp³-hybridized carbons (Fsp3) is 0.917. The third kappa shape index (κ3) is 4.33. The molecule has 2 aliphatic rings. The number of nitrogens with two attached hydrogens (primary N) is 1. The van der Waals surface area contributed by atoms with Crippen LogP contribution in [-0.4, -0.2) is 58.2 Å². The Morgan fingerprint density at radius 1 is 1.22 bits per heavy atom. The molecule has 0 aromatic heterocycles. The van der Waals surface area contributed by atoms with E-state index < -0.39 is 10.8 Å². The van der Waals surface area contributed by atoms with Crippen molar-refractivity contribution in [2.75, 3.05) is 31.1 Å². The summed E-state index contributed by atoms with van der Waals surface area (Å²) in [6.07, 6.45) is 4.01. The van der Waals surface area contributed by atoms with Gasteiger partial charge in [-0.3, -0.25) is 13.9 Å². The summed E-state index contributed by atoms with van der Waals surface area (Å²) in [6.45, 7) is 1.99. The molecule has 6 heteroatoms. The minimum atomic E-state index is -0.673. The maximum absolute atomic E-state index is 11.9. The summed E-state index contributed by atoms with van der Waals surface area (Å²) in [7, 11) is -0.673. The molecule has 104 valence electrons. The molecule has 1 aliphatic carbocycles. The second-order valence-corrected chi connectivity index (χ2v) is 7.00. The molecule has 1 saturated heterocycles. The highest BCUT2D eigenvalue weighted by molar-refractivity contribution is 7.85. The normalized spacial score (nSPS) is 31.2. The Balaban J connectivity index is 1.67. The van der Waals surface area contributed by atoms with Crippen LogP contribution in [0.1, 0.15) is 25.7 Å². The molecular weight excluding hydrogens is 250 g/mol. The molecule has 0 unspecified atom stereocenters. The third-order valence-corrected chi connectivity index (χ3v) is 5.05. The van der Waals surface area contributed by atoms with Gasteiger partial charge in [0.25, 0.3) is 0 Å². The van der Waals surface area contributed by atoms with Crippen molar-refractivity contribution in [3.8, 4) is 0 Å². The van der Waals surface area contributed by atoms with Crippen LogP contribution in [-0.2, 0) is 15.6 Å². The predicted octanol–water partition coefficient (Wildman–Crippen LogP) is -0.563. The van der Waals surface area contributed by atoms with Crippen LogP contribution < -0.4 is 11.1 Å². The van der Waals surface area contributed by atoms with Gasteiger partial charge in [-0.2, -0.15) is 0 Å². The van der Waals surface area contributed by atoms with Crippen molar-refractivity contribution in [3.63, 3.8) is 0 Å². The van der Waals surface area contributed by atoms with Gasteiger partial charge in [0.15, 0.2) is 0 Å². The van der Waals surface area contributed by atoms with E-state index in [1.807, 2.05) is 0 Å². The highest BCUT2D eigenvalue weighted by Crippen LogP contribution is 2.16. The van der Waals surface area contributed by atoms with Crippen molar-refractivity contribution in [1.82, 2.24) is 10.2 Å². The first-order chi connectivity index (χ1) is 8.63. The summed E-state index contributed by atoms with van der Waals surface area (Å²) in [5.74, 6) is 1.50. The van der Waals surface area contributed by atoms with Crippen LogP contribution in [0.5, 0.6) is 0 Å². The number of hydrogen-bond donors (Lipinski definition) is 2. The molecule has 0 aromatic rings. The Hall–Kier alpha value is -0.460. The lowest BCUT2D eigenvalue weighted by Gasteiger charge is -2.29. The van der Waals surface area contributed by atoms with Crippen molar-refractivity contribution in [3.05, 3.63) is 0 Å². The zero-order valence-corrected chi connectivity index (χ0v) is 11.6. The average Bonchev–Trinajstić information content (AvgIpc) is 2.35. The molecule has 0 atom stereocenters. The molecule has 3 N–H and O–H groups in total. The Morgan fingerprint density at radius 2 is 1.83 bits per heavy atom. The van der Waals surface area contributed by atoms with Crippen molar-refractivity contribution in [2.24, 2.45) is 5.73 Å².